The fraction of sp³-hybridized carbons (Fsp3) is 0.400. The van der Waals surface area contributed by atoms with Gasteiger partial charge in [0.1, 0.15) is 5.47 Å². The molecule has 0 aromatic heterocycles. The van der Waals surface area contributed by atoms with Crippen molar-refractivity contribution in [2.45, 2.75) is 19.8 Å². The molecule has 0 aliphatic carbocycles. The molecule has 1 unspecified atom stereocenters. The fourth-order valence-electron chi connectivity index (χ4n) is 1.02. The maximum atomic E-state index is 5.65. The molecule has 1 nitrogen and oxygen atoms in total. The van der Waals surface area contributed by atoms with Gasteiger partial charge in [0.15, 0.2) is 0 Å². The minimum absolute atomic E-state index is 0.714. The quantitative estimate of drug-likeness (QED) is 0.484. The lowest BCUT2D eigenvalue weighted by molar-refractivity contribution is 0.352. The second-order valence-electron chi connectivity index (χ2n) is 3.04. The lowest BCUT2D eigenvalue weighted by Crippen LogP contribution is -2.03. The Morgan fingerprint density at radius 2 is 2.00 bits per heavy atom. The summed E-state index contributed by atoms with van der Waals surface area (Å²) < 4.78 is 5.65. The molecule has 14 heavy (non-hydrogen) atoms. The predicted molar refractivity (Wildman–Crippen MR) is 70.2 cm³/mol. The molecule has 0 N–H and O–H groups in total. The van der Waals surface area contributed by atoms with Crippen LogP contribution >= 0.6 is 17.7 Å². The van der Waals surface area contributed by atoms with Crippen LogP contribution in [0.25, 0.3) is 0 Å². The number of rotatable bonds is 5. The van der Waals surface area contributed by atoms with Crippen LogP contribution in [0.2, 0.25) is 0 Å². The molecule has 0 heterocycles. The molecule has 0 aliphatic heterocycles. The van der Waals surface area contributed by atoms with Gasteiger partial charge in [-0.3, -0.25) is 0 Å². The summed E-state index contributed by atoms with van der Waals surface area (Å²) in [7, 11) is 0. The van der Waals surface area contributed by atoms with Crippen molar-refractivity contribution < 1.29 is 4.52 Å². The maximum Gasteiger partial charge on any atom is 0.145 e. The third-order valence-corrected chi connectivity index (χ3v) is 5.32. The summed E-state index contributed by atoms with van der Waals surface area (Å²) in [5.41, 5.74) is -2.05. The van der Waals surface area contributed by atoms with E-state index in [0.717, 1.165) is 18.1 Å². The van der Waals surface area contributed by atoms with Gasteiger partial charge in [0.25, 0.3) is 0 Å². The van der Waals surface area contributed by atoms with Gasteiger partial charge in [-0.05, 0) is 6.42 Å². The van der Waals surface area contributed by atoms with Gasteiger partial charge in [-0.25, -0.2) is 0 Å². The summed E-state index contributed by atoms with van der Waals surface area (Å²) in [6.45, 7) is 2.85. The zero-order valence-corrected chi connectivity index (χ0v) is 10.8. The van der Waals surface area contributed by atoms with Gasteiger partial charge in [-0.15, -0.1) is 12.2 Å². The Kier molecular flexibility index (Phi) is 5.18. The molecule has 1 atom stereocenters. The van der Waals surface area contributed by atoms with Crippen LogP contribution < -0.4 is 5.30 Å². The molecular weight excluding hydrogens is 231 g/mol. The van der Waals surface area contributed by atoms with Crippen LogP contribution in [-0.2, 0) is 16.3 Å². The first-order valence-corrected chi connectivity index (χ1v) is 8.57. The molecule has 0 saturated carbocycles. The van der Waals surface area contributed by atoms with Crippen molar-refractivity contribution in [2.24, 2.45) is 0 Å². The third kappa shape index (κ3) is 3.74. The monoisotopic (exact) mass is 246 g/mol. The number of unbranched alkanes of at least 4 members (excludes halogenated alkanes) is 1. The molecular formula is C10H15OPS2. The van der Waals surface area contributed by atoms with E-state index in [1.807, 2.05) is 30.3 Å². The summed E-state index contributed by atoms with van der Waals surface area (Å²) in [4.78, 5) is 0. The average molecular weight is 246 g/mol. The second kappa shape index (κ2) is 5.92. The zero-order valence-electron chi connectivity index (χ0n) is 8.22. The average Bonchev–Trinajstić information content (AvgIpc) is 2.19. The standard InChI is InChI=1S/C10H15OPS2/c1-2-3-9-11-12(13,14)10-7-5-4-6-8-10/h4-8H,2-3,9H2,1H3,(H,13,14). The molecule has 1 aromatic rings. The van der Waals surface area contributed by atoms with E-state index in [9.17, 15) is 0 Å². The van der Waals surface area contributed by atoms with Crippen LogP contribution in [0.3, 0.4) is 0 Å². The van der Waals surface area contributed by atoms with Gasteiger partial charge >= 0.3 is 0 Å². The van der Waals surface area contributed by atoms with Crippen LogP contribution in [0, 0.1) is 0 Å². The Hall–Kier alpha value is 0.180. The molecule has 0 aliphatic rings. The van der Waals surface area contributed by atoms with Gasteiger partial charge in [0.05, 0.1) is 6.61 Å². The molecule has 0 saturated heterocycles. The minimum atomic E-state index is -2.05. The van der Waals surface area contributed by atoms with Crippen molar-refractivity contribution in [1.82, 2.24) is 0 Å². The Labute approximate surface area is 96.1 Å². The Balaban J connectivity index is 2.62. The van der Waals surface area contributed by atoms with E-state index in [1.165, 1.54) is 0 Å². The van der Waals surface area contributed by atoms with Gasteiger partial charge in [-0.2, -0.15) is 0 Å². The van der Waals surface area contributed by atoms with E-state index in [4.69, 9.17) is 16.3 Å². The summed E-state index contributed by atoms with van der Waals surface area (Å²) in [6.07, 6.45) is 2.17. The highest BCUT2D eigenvalue weighted by molar-refractivity contribution is 8.64. The molecule has 0 amide bonds. The van der Waals surface area contributed by atoms with Gasteiger partial charge in [-0.1, -0.05) is 55.5 Å². The normalized spacial score (nSPS) is 15.0. The molecule has 1 rings (SSSR count). The summed E-state index contributed by atoms with van der Waals surface area (Å²) in [6, 6.07) is 9.88. The highest BCUT2D eigenvalue weighted by atomic mass is 32.9. The summed E-state index contributed by atoms with van der Waals surface area (Å²) >= 11 is 9.83. The van der Waals surface area contributed by atoms with Crippen LogP contribution in [0.15, 0.2) is 30.3 Å². The van der Waals surface area contributed by atoms with Crippen LogP contribution in [0.1, 0.15) is 19.8 Å². The molecule has 4 heteroatoms. The molecule has 0 radical (unpaired) electrons. The second-order valence-corrected chi connectivity index (χ2v) is 8.90. The Morgan fingerprint density at radius 1 is 1.36 bits per heavy atom. The Morgan fingerprint density at radius 3 is 2.57 bits per heavy atom. The van der Waals surface area contributed by atoms with Crippen molar-refractivity contribution in [1.29, 1.82) is 0 Å². The smallest absolute Gasteiger partial charge is 0.145 e. The molecule has 78 valence electrons. The summed E-state index contributed by atoms with van der Waals surface area (Å²) in [5.74, 6) is 0. The third-order valence-electron chi connectivity index (χ3n) is 1.85. The molecule has 0 bridgehead atoms. The van der Waals surface area contributed by atoms with Crippen molar-refractivity contribution in [3.05, 3.63) is 30.3 Å². The van der Waals surface area contributed by atoms with Gasteiger partial charge in [0.2, 0.25) is 0 Å². The van der Waals surface area contributed by atoms with Gasteiger partial charge in [0, 0.05) is 5.30 Å². The van der Waals surface area contributed by atoms with E-state index < -0.39 is 5.47 Å². The van der Waals surface area contributed by atoms with Crippen molar-refractivity contribution in [3.8, 4) is 0 Å². The largest absolute Gasteiger partial charge is 0.338 e. The van der Waals surface area contributed by atoms with Crippen molar-refractivity contribution in [2.75, 3.05) is 6.61 Å². The first-order chi connectivity index (χ1) is 6.67. The number of hydrogen-bond acceptors (Lipinski definition) is 2. The van der Waals surface area contributed by atoms with E-state index in [1.54, 1.807) is 0 Å². The van der Waals surface area contributed by atoms with Crippen LogP contribution in [0.4, 0.5) is 0 Å². The molecule has 1 aromatic carbocycles. The van der Waals surface area contributed by atoms with Crippen molar-refractivity contribution in [3.63, 3.8) is 0 Å². The highest BCUT2D eigenvalue weighted by Crippen LogP contribution is 2.50. The SMILES string of the molecule is CCCCOP(=S)(S)c1ccccc1. The number of hydrogen-bond donors (Lipinski definition) is 1. The Bertz CT molecular complexity index is 313. The lowest BCUT2D eigenvalue weighted by Gasteiger charge is -2.16. The lowest BCUT2D eigenvalue weighted by atomic mass is 10.4. The van der Waals surface area contributed by atoms with E-state index >= 15 is 0 Å². The zero-order chi connectivity index (χ0) is 10.4. The highest BCUT2D eigenvalue weighted by Gasteiger charge is 2.13. The van der Waals surface area contributed by atoms with E-state index in [-0.39, 0.29) is 0 Å². The fourth-order valence-corrected chi connectivity index (χ4v) is 3.33. The predicted octanol–water partition coefficient (Wildman–Crippen LogP) is 3.37. The first-order valence-electron chi connectivity index (χ1n) is 4.70. The van der Waals surface area contributed by atoms with Crippen LogP contribution in [0.5, 0.6) is 0 Å². The summed E-state index contributed by atoms with van der Waals surface area (Å²) in [5, 5.41) is 1.04. The number of benzene rings is 1. The minimum Gasteiger partial charge on any atom is -0.338 e. The number of thiol groups is 1. The molecule has 0 fully saturated rings. The van der Waals surface area contributed by atoms with E-state index in [2.05, 4.69) is 19.2 Å². The maximum absolute atomic E-state index is 5.65. The van der Waals surface area contributed by atoms with Gasteiger partial charge < -0.3 is 4.52 Å². The van der Waals surface area contributed by atoms with E-state index in [0.29, 0.717) is 6.61 Å². The van der Waals surface area contributed by atoms with Crippen molar-refractivity contribution >= 4 is 34.8 Å². The topological polar surface area (TPSA) is 9.23 Å². The van der Waals surface area contributed by atoms with Crippen LogP contribution in [-0.4, -0.2) is 6.61 Å². The first kappa shape index (κ1) is 12.3. The molecule has 0 spiro atoms.